The van der Waals surface area contributed by atoms with Crippen molar-refractivity contribution in [2.24, 2.45) is 0 Å². The van der Waals surface area contributed by atoms with Gasteiger partial charge in [-0.1, -0.05) is 88.7 Å². The molecule has 0 aliphatic heterocycles. The van der Waals surface area contributed by atoms with Gasteiger partial charge in [-0.05, 0) is 30.3 Å². The molecular formula is C28H17BrN2S. The zero-order valence-corrected chi connectivity index (χ0v) is 19.4. The van der Waals surface area contributed by atoms with Crippen LogP contribution in [0.25, 0.3) is 54.1 Å². The lowest BCUT2D eigenvalue weighted by molar-refractivity contribution is 1.19. The molecule has 2 nitrogen and oxygen atoms in total. The van der Waals surface area contributed by atoms with Gasteiger partial charge in [0, 0.05) is 41.3 Å². The largest absolute Gasteiger partial charge is 0.228 e. The first-order valence-electron chi connectivity index (χ1n) is 10.4. The van der Waals surface area contributed by atoms with Crippen LogP contribution in [0.4, 0.5) is 0 Å². The minimum atomic E-state index is 0.751. The number of thiophene rings is 1. The number of benzene rings is 4. The van der Waals surface area contributed by atoms with E-state index in [2.05, 4.69) is 88.7 Å². The van der Waals surface area contributed by atoms with Crippen LogP contribution < -0.4 is 0 Å². The van der Waals surface area contributed by atoms with Crippen molar-refractivity contribution in [3.8, 4) is 33.9 Å². The van der Waals surface area contributed by atoms with Gasteiger partial charge in [-0.15, -0.1) is 11.3 Å². The molecule has 152 valence electrons. The molecule has 0 saturated carbocycles. The lowest BCUT2D eigenvalue weighted by Crippen LogP contribution is -1.96. The molecule has 0 aliphatic rings. The molecule has 0 fully saturated rings. The second-order valence-electron chi connectivity index (χ2n) is 7.62. The highest BCUT2D eigenvalue weighted by molar-refractivity contribution is 9.10. The number of hydrogen-bond donors (Lipinski definition) is 0. The summed E-state index contributed by atoms with van der Waals surface area (Å²) in [4.78, 5) is 10.1. The summed E-state index contributed by atoms with van der Waals surface area (Å²) < 4.78 is 3.55. The van der Waals surface area contributed by atoms with Crippen LogP contribution in [0.2, 0.25) is 0 Å². The Morgan fingerprint density at radius 3 is 2.03 bits per heavy atom. The minimum absolute atomic E-state index is 0.751. The van der Waals surface area contributed by atoms with Crippen molar-refractivity contribution in [3.63, 3.8) is 0 Å². The maximum Gasteiger partial charge on any atom is 0.161 e. The van der Waals surface area contributed by atoms with Crippen LogP contribution in [0.5, 0.6) is 0 Å². The second-order valence-corrected chi connectivity index (χ2v) is 9.58. The van der Waals surface area contributed by atoms with Crippen molar-refractivity contribution >= 4 is 47.4 Å². The predicted octanol–water partition coefficient (Wildman–Crippen LogP) is 8.61. The van der Waals surface area contributed by atoms with Gasteiger partial charge in [0.25, 0.3) is 0 Å². The van der Waals surface area contributed by atoms with E-state index in [1.165, 1.54) is 20.2 Å². The summed E-state index contributed by atoms with van der Waals surface area (Å²) in [6.07, 6.45) is 0. The molecule has 0 N–H and O–H groups in total. The minimum Gasteiger partial charge on any atom is -0.228 e. The Morgan fingerprint density at radius 1 is 0.594 bits per heavy atom. The Hall–Kier alpha value is -3.34. The van der Waals surface area contributed by atoms with Gasteiger partial charge in [0.15, 0.2) is 5.82 Å². The molecule has 0 radical (unpaired) electrons. The third-order valence-electron chi connectivity index (χ3n) is 5.58. The van der Waals surface area contributed by atoms with Gasteiger partial charge in [-0.25, -0.2) is 9.97 Å². The summed E-state index contributed by atoms with van der Waals surface area (Å²) in [7, 11) is 0. The van der Waals surface area contributed by atoms with E-state index in [9.17, 15) is 0 Å². The molecule has 0 saturated heterocycles. The van der Waals surface area contributed by atoms with Gasteiger partial charge in [-0.3, -0.25) is 0 Å². The number of nitrogens with zero attached hydrogens (tertiary/aromatic N) is 2. The molecule has 32 heavy (non-hydrogen) atoms. The molecule has 4 heteroatoms. The highest BCUT2D eigenvalue weighted by Gasteiger charge is 2.15. The molecule has 0 unspecified atom stereocenters. The summed E-state index contributed by atoms with van der Waals surface area (Å²) in [6.45, 7) is 0. The van der Waals surface area contributed by atoms with Crippen molar-refractivity contribution in [2.45, 2.75) is 0 Å². The molecule has 2 aromatic heterocycles. The van der Waals surface area contributed by atoms with Crippen molar-refractivity contribution in [3.05, 3.63) is 108 Å². The molecular weight excluding hydrogens is 476 g/mol. The van der Waals surface area contributed by atoms with Crippen LogP contribution >= 0.6 is 27.3 Å². The maximum absolute atomic E-state index is 5.03. The molecule has 0 bridgehead atoms. The number of halogens is 1. The van der Waals surface area contributed by atoms with Gasteiger partial charge >= 0.3 is 0 Å². The van der Waals surface area contributed by atoms with Gasteiger partial charge in [-0.2, -0.15) is 0 Å². The molecule has 4 aromatic carbocycles. The summed E-state index contributed by atoms with van der Waals surface area (Å²) in [5.41, 5.74) is 5.06. The molecule has 6 rings (SSSR count). The fourth-order valence-electron chi connectivity index (χ4n) is 4.02. The first-order valence-corrected chi connectivity index (χ1v) is 12.0. The predicted molar refractivity (Wildman–Crippen MR) is 139 cm³/mol. The topological polar surface area (TPSA) is 25.8 Å². The zero-order valence-electron chi connectivity index (χ0n) is 17.0. The smallest absolute Gasteiger partial charge is 0.161 e. The van der Waals surface area contributed by atoms with Crippen molar-refractivity contribution in [1.29, 1.82) is 0 Å². The Bertz CT molecular complexity index is 1570. The molecule has 2 heterocycles. The van der Waals surface area contributed by atoms with E-state index in [1.54, 1.807) is 11.3 Å². The lowest BCUT2D eigenvalue weighted by Gasteiger charge is -2.10. The number of fused-ring (bicyclic) bond motifs is 3. The summed E-state index contributed by atoms with van der Waals surface area (Å²) in [6, 6.07) is 35.6. The Balaban J connectivity index is 1.62. The first-order chi connectivity index (χ1) is 15.8. The van der Waals surface area contributed by atoms with Crippen molar-refractivity contribution in [2.75, 3.05) is 0 Å². The van der Waals surface area contributed by atoms with Crippen LogP contribution in [0.1, 0.15) is 0 Å². The van der Waals surface area contributed by atoms with Crippen molar-refractivity contribution in [1.82, 2.24) is 9.97 Å². The summed E-state index contributed by atoms with van der Waals surface area (Å²) in [5, 5.41) is 2.53. The van der Waals surface area contributed by atoms with Crippen LogP contribution in [-0.2, 0) is 0 Å². The average Bonchev–Trinajstić information content (AvgIpc) is 3.24. The van der Waals surface area contributed by atoms with Gasteiger partial charge in [0.1, 0.15) is 0 Å². The number of aromatic nitrogens is 2. The number of rotatable bonds is 3. The standard InChI is InChI=1S/C28H17BrN2S/c29-20-15-13-19(14-16-20)25-17-24(18-7-2-1-3-8-18)30-28(31-25)23-11-6-10-22-21-9-4-5-12-26(21)32-27(22)23/h1-17H. The molecule has 6 aromatic rings. The van der Waals surface area contributed by atoms with Crippen LogP contribution in [0.3, 0.4) is 0 Å². The second kappa shape index (κ2) is 7.97. The quantitative estimate of drug-likeness (QED) is 0.247. The first kappa shape index (κ1) is 19.4. The van der Waals surface area contributed by atoms with Crippen LogP contribution in [-0.4, -0.2) is 9.97 Å². The molecule has 0 atom stereocenters. The van der Waals surface area contributed by atoms with E-state index in [-0.39, 0.29) is 0 Å². The van der Waals surface area contributed by atoms with E-state index in [0.29, 0.717) is 0 Å². The maximum atomic E-state index is 5.03. The van der Waals surface area contributed by atoms with Gasteiger partial charge in [0.2, 0.25) is 0 Å². The zero-order chi connectivity index (χ0) is 21.5. The van der Waals surface area contributed by atoms with E-state index in [1.807, 2.05) is 30.3 Å². The molecule has 0 amide bonds. The fourth-order valence-corrected chi connectivity index (χ4v) is 5.49. The highest BCUT2D eigenvalue weighted by Crippen LogP contribution is 2.39. The van der Waals surface area contributed by atoms with E-state index < -0.39 is 0 Å². The van der Waals surface area contributed by atoms with Gasteiger partial charge < -0.3 is 0 Å². The van der Waals surface area contributed by atoms with Gasteiger partial charge in [0.05, 0.1) is 11.4 Å². The summed E-state index contributed by atoms with van der Waals surface area (Å²) in [5.74, 6) is 0.751. The lowest BCUT2D eigenvalue weighted by atomic mass is 10.1. The van der Waals surface area contributed by atoms with E-state index in [4.69, 9.17) is 9.97 Å². The highest BCUT2D eigenvalue weighted by atomic mass is 79.9. The van der Waals surface area contributed by atoms with E-state index >= 15 is 0 Å². The normalized spacial score (nSPS) is 11.3. The molecule has 0 aliphatic carbocycles. The third-order valence-corrected chi connectivity index (χ3v) is 7.33. The van der Waals surface area contributed by atoms with Crippen LogP contribution in [0, 0.1) is 0 Å². The SMILES string of the molecule is Brc1ccc(-c2cc(-c3ccccc3)nc(-c3cccc4c3sc3ccccc34)n2)cc1. The Kier molecular flexibility index (Phi) is 4.82. The fraction of sp³-hybridized carbons (Fsp3) is 0. The Morgan fingerprint density at radius 2 is 1.25 bits per heavy atom. The average molecular weight is 493 g/mol. The monoisotopic (exact) mass is 492 g/mol. The number of hydrogen-bond acceptors (Lipinski definition) is 3. The molecule has 0 spiro atoms. The van der Waals surface area contributed by atoms with Crippen LogP contribution in [0.15, 0.2) is 108 Å². The third kappa shape index (κ3) is 3.42. The summed E-state index contributed by atoms with van der Waals surface area (Å²) >= 11 is 5.34. The Labute approximate surface area is 198 Å². The van der Waals surface area contributed by atoms with E-state index in [0.717, 1.165) is 38.4 Å². The van der Waals surface area contributed by atoms with Crippen molar-refractivity contribution < 1.29 is 0 Å².